The molecule has 1 aromatic carbocycles. The van der Waals surface area contributed by atoms with Crippen molar-refractivity contribution in [3.63, 3.8) is 0 Å². The fourth-order valence-corrected chi connectivity index (χ4v) is 2.91. The van der Waals surface area contributed by atoms with Crippen molar-refractivity contribution in [3.8, 4) is 0 Å². The number of anilines is 2. The molecule has 2 heterocycles. The number of hydrogen-bond donors (Lipinski definition) is 0. The summed E-state index contributed by atoms with van der Waals surface area (Å²) in [4.78, 5) is 17.6. The van der Waals surface area contributed by atoms with Crippen LogP contribution >= 0.6 is 0 Å². The second-order valence-corrected chi connectivity index (χ2v) is 6.28. The van der Waals surface area contributed by atoms with E-state index in [0.29, 0.717) is 50.8 Å². The molecule has 1 aromatic rings. The monoisotopic (exact) mass is 337 g/mol. The largest absolute Gasteiger partial charge is 0.378 e. The van der Waals surface area contributed by atoms with Crippen LogP contribution in [0.3, 0.4) is 0 Å². The number of rotatable bonds is 5. The predicted molar refractivity (Wildman–Crippen MR) is 90.0 cm³/mol. The summed E-state index contributed by atoms with van der Waals surface area (Å²) in [6.07, 6.45) is 0.0668. The van der Waals surface area contributed by atoms with E-state index in [4.69, 9.17) is 9.47 Å². The molecule has 0 radical (unpaired) electrons. The average molecular weight is 337 g/mol. The molecule has 2 aliphatic rings. The fraction of sp³-hybridized carbons (Fsp3) is 0.588. The third kappa shape index (κ3) is 3.62. The van der Waals surface area contributed by atoms with E-state index in [-0.39, 0.29) is 24.7 Å². The Labute approximate surface area is 141 Å². The smallest absolute Gasteiger partial charge is 0.326 e. The molecule has 0 bridgehead atoms. The minimum atomic E-state index is -0.306. The zero-order chi connectivity index (χ0) is 17.1. The normalized spacial score (nSPS) is 18.8. The van der Waals surface area contributed by atoms with Crippen LogP contribution in [0.15, 0.2) is 18.2 Å². The van der Waals surface area contributed by atoms with Gasteiger partial charge in [0.2, 0.25) is 0 Å². The summed E-state index contributed by atoms with van der Waals surface area (Å²) >= 11 is 0. The lowest BCUT2D eigenvalue weighted by atomic mass is 10.2. The van der Waals surface area contributed by atoms with Crippen LogP contribution in [0.25, 0.3) is 0 Å². The highest BCUT2D eigenvalue weighted by molar-refractivity contribution is 5.94. The summed E-state index contributed by atoms with van der Waals surface area (Å²) < 4.78 is 25.3. The molecule has 2 fully saturated rings. The molecule has 2 aliphatic heterocycles. The highest BCUT2D eigenvalue weighted by Gasteiger charge is 2.30. The van der Waals surface area contributed by atoms with Crippen molar-refractivity contribution >= 4 is 17.4 Å². The first kappa shape index (κ1) is 17.0. The predicted octanol–water partition coefficient (Wildman–Crippen LogP) is 2.29. The maximum Gasteiger partial charge on any atom is 0.326 e. The van der Waals surface area contributed by atoms with Crippen molar-refractivity contribution in [2.24, 2.45) is 0 Å². The number of carbonyl (C=O) groups excluding carboxylic acids is 1. The molecule has 2 amide bonds. The van der Waals surface area contributed by atoms with Gasteiger partial charge < -0.3 is 14.4 Å². The van der Waals surface area contributed by atoms with Crippen LogP contribution in [0.4, 0.5) is 20.6 Å². The number of amides is 2. The van der Waals surface area contributed by atoms with Gasteiger partial charge in [-0.3, -0.25) is 9.80 Å². The van der Waals surface area contributed by atoms with Gasteiger partial charge in [0.1, 0.15) is 12.5 Å². The fourth-order valence-electron chi connectivity index (χ4n) is 2.91. The molecule has 0 saturated carbocycles. The first-order valence-electron chi connectivity index (χ1n) is 8.36. The van der Waals surface area contributed by atoms with Gasteiger partial charge in [0.05, 0.1) is 25.0 Å². The number of morpholine rings is 1. The van der Waals surface area contributed by atoms with Gasteiger partial charge in [-0.25, -0.2) is 9.18 Å². The number of urea groups is 1. The van der Waals surface area contributed by atoms with E-state index in [1.54, 1.807) is 21.9 Å². The van der Waals surface area contributed by atoms with Gasteiger partial charge in [-0.05, 0) is 32.0 Å². The van der Waals surface area contributed by atoms with Gasteiger partial charge in [-0.2, -0.15) is 0 Å². The Morgan fingerprint density at radius 3 is 2.62 bits per heavy atom. The summed E-state index contributed by atoms with van der Waals surface area (Å²) in [6.45, 7) is 7.82. The number of benzene rings is 1. The molecule has 0 aliphatic carbocycles. The van der Waals surface area contributed by atoms with Crippen LogP contribution < -0.4 is 9.80 Å². The number of halogens is 1. The van der Waals surface area contributed by atoms with Gasteiger partial charge in [-0.1, -0.05) is 0 Å². The van der Waals surface area contributed by atoms with Gasteiger partial charge in [0.15, 0.2) is 0 Å². The van der Waals surface area contributed by atoms with Gasteiger partial charge >= 0.3 is 6.03 Å². The Morgan fingerprint density at radius 1 is 1.21 bits per heavy atom. The molecule has 6 nitrogen and oxygen atoms in total. The van der Waals surface area contributed by atoms with E-state index in [1.807, 2.05) is 18.7 Å². The summed E-state index contributed by atoms with van der Waals surface area (Å²) in [5.41, 5.74) is 1.15. The highest BCUT2D eigenvalue weighted by atomic mass is 19.1. The van der Waals surface area contributed by atoms with E-state index in [1.165, 1.54) is 6.07 Å². The highest BCUT2D eigenvalue weighted by Crippen LogP contribution is 2.27. The zero-order valence-corrected chi connectivity index (χ0v) is 14.2. The molecule has 132 valence electrons. The second kappa shape index (κ2) is 7.36. The maximum atomic E-state index is 14.5. The molecular formula is C17H24FN3O3. The third-order valence-electron chi connectivity index (χ3n) is 4.25. The van der Waals surface area contributed by atoms with Crippen LogP contribution in [0.2, 0.25) is 0 Å². The number of ether oxygens (including phenoxy) is 2. The van der Waals surface area contributed by atoms with Crippen molar-refractivity contribution in [1.82, 2.24) is 4.90 Å². The summed E-state index contributed by atoms with van der Waals surface area (Å²) in [5, 5.41) is 0. The first-order chi connectivity index (χ1) is 11.6. The molecular weight excluding hydrogens is 313 g/mol. The van der Waals surface area contributed by atoms with Crippen molar-refractivity contribution in [3.05, 3.63) is 24.0 Å². The van der Waals surface area contributed by atoms with Crippen molar-refractivity contribution in [1.29, 1.82) is 0 Å². The summed E-state index contributed by atoms with van der Waals surface area (Å²) in [7, 11) is 0. The van der Waals surface area contributed by atoms with E-state index in [2.05, 4.69) is 0 Å². The van der Waals surface area contributed by atoms with E-state index in [0.717, 1.165) is 0 Å². The van der Waals surface area contributed by atoms with E-state index >= 15 is 0 Å². The summed E-state index contributed by atoms with van der Waals surface area (Å²) in [5.74, 6) is -0.306. The Bertz CT molecular complexity index is 590. The molecule has 2 saturated heterocycles. The van der Waals surface area contributed by atoms with Gasteiger partial charge in [0.25, 0.3) is 0 Å². The van der Waals surface area contributed by atoms with Crippen molar-refractivity contribution in [2.45, 2.75) is 20.0 Å². The van der Waals surface area contributed by atoms with Gasteiger partial charge in [-0.15, -0.1) is 0 Å². The molecule has 24 heavy (non-hydrogen) atoms. The maximum absolute atomic E-state index is 14.5. The van der Waals surface area contributed by atoms with E-state index < -0.39 is 0 Å². The molecule has 7 heteroatoms. The number of nitrogens with zero attached hydrogens (tertiary/aromatic N) is 3. The van der Waals surface area contributed by atoms with Crippen LogP contribution in [-0.4, -0.2) is 63.2 Å². The standard InChI is InChI=1S/C17H24FN3O3/c1-13(2)24-12-20-5-6-21(17(20)22)14-3-4-16(15(18)11-14)19-7-9-23-10-8-19/h3-4,11,13H,5-10,12H2,1-2H3. The van der Waals surface area contributed by atoms with E-state index in [9.17, 15) is 9.18 Å². The lowest BCUT2D eigenvalue weighted by molar-refractivity contribution is 0.0187. The topological polar surface area (TPSA) is 45.2 Å². The second-order valence-electron chi connectivity index (χ2n) is 6.28. The minimum absolute atomic E-state index is 0.0668. The Balaban J connectivity index is 1.69. The molecule has 0 unspecified atom stereocenters. The quantitative estimate of drug-likeness (QED) is 0.827. The molecule has 0 aromatic heterocycles. The Morgan fingerprint density at radius 2 is 1.96 bits per heavy atom. The molecule has 0 spiro atoms. The summed E-state index contributed by atoms with van der Waals surface area (Å²) in [6, 6.07) is 4.85. The van der Waals surface area contributed by atoms with Crippen LogP contribution in [-0.2, 0) is 9.47 Å². The van der Waals surface area contributed by atoms with Gasteiger partial charge in [0, 0.05) is 31.9 Å². The number of hydrogen-bond acceptors (Lipinski definition) is 4. The lowest BCUT2D eigenvalue weighted by Gasteiger charge is -2.29. The first-order valence-corrected chi connectivity index (χ1v) is 8.36. The lowest BCUT2D eigenvalue weighted by Crippen LogP contribution is -2.37. The SMILES string of the molecule is CC(C)OCN1CCN(c2ccc(N3CCOCC3)c(F)c2)C1=O. The Kier molecular flexibility index (Phi) is 5.20. The number of carbonyl (C=O) groups is 1. The Hall–Kier alpha value is -1.86. The molecule has 0 atom stereocenters. The third-order valence-corrected chi connectivity index (χ3v) is 4.25. The average Bonchev–Trinajstić information content (AvgIpc) is 2.94. The zero-order valence-electron chi connectivity index (χ0n) is 14.2. The minimum Gasteiger partial charge on any atom is -0.378 e. The van der Waals surface area contributed by atoms with Crippen LogP contribution in [0.1, 0.15) is 13.8 Å². The molecule has 0 N–H and O–H groups in total. The molecule has 3 rings (SSSR count). The van der Waals surface area contributed by atoms with Crippen molar-refractivity contribution < 1.29 is 18.7 Å². The van der Waals surface area contributed by atoms with Crippen molar-refractivity contribution in [2.75, 3.05) is 55.9 Å². The van der Waals surface area contributed by atoms with Crippen LogP contribution in [0.5, 0.6) is 0 Å². The van der Waals surface area contributed by atoms with Crippen LogP contribution in [0, 0.1) is 5.82 Å².